The molecule has 7 heteroatoms. The van der Waals surface area contributed by atoms with Crippen LogP contribution in [0.4, 0.5) is 4.79 Å². The SMILES string of the molecule is CCCSP(=S)(NC(=O)OC)OCC. The van der Waals surface area contributed by atoms with E-state index in [4.69, 9.17) is 16.3 Å². The summed E-state index contributed by atoms with van der Waals surface area (Å²) in [6.45, 7) is 4.40. The van der Waals surface area contributed by atoms with E-state index in [0.29, 0.717) is 6.61 Å². The normalized spacial score (nSPS) is 14.5. The molecule has 84 valence electrons. The summed E-state index contributed by atoms with van der Waals surface area (Å²) in [5.41, 5.74) is -2.28. The smallest absolute Gasteiger partial charge is 0.412 e. The van der Waals surface area contributed by atoms with E-state index in [2.05, 4.69) is 16.7 Å². The van der Waals surface area contributed by atoms with Crippen LogP contribution >= 0.6 is 17.0 Å². The first-order chi connectivity index (χ1) is 6.58. The lowest BCUT2D eigenvalue weighted by atomic mass is 10.6. The van der Waals surface area contributed by atoms with Crippen molar-refractivity contribution in [2.75, 3.05) is 19.5 Å². The molecule has 0 fully saturated rings. The van der Waals surface area contributed by atoms with Gasteiger partial charge in [-0.2, -0.15) is 0 Å². The van der Waals surface area contributed by atoms with Gasteiger partial charge in [0.15, 0.2) is 0 Å². The van der Waals surface area contributed by atoms with Crippen LogP contribution in [-0.4, -0.2) is 25.6 Å². The largest absolute Gasteiger partial charge is 0.453 e. The van der Waals surface area contributed by atoms with Gasteiger partial charge in [-0.05, 0) is 25.2 Å². The van der Waals surface area contributed by atoms with Crippen LogP contribution in [0.5, 0.6) is 0 Å². The lowest BCUT2D eigenvalue weighted by molar-refractivity contribution is 0.177. The average molecular weight is 257 g/mol. The van der Waals surface area contributed by atoms with Gasteiger partial charge >= 0.3 is 6.09 Å². The molecular weight excluding hydrogens is 241 g/mol. The molecule has 0 saturated carbocycles. The number of hydrogen-bond donors (Lipinski definition) is 1. The Morgan fingerprint density at radius 2 is 2.21 bits per heavy atom. The first kappa shape index (κ1) is 14.2. The van der Waals surface area contributed by atoms with Gasteiger partial charge in [-0.25, -0.2) is 4.79 Å². The van der Waals surface area contributed by atoms with Crippen molar-refractivity contribution in [1.29, 1.82) is 0 Å². The quantitative estimate of drug-likeness (QED) is 0.741. The first-order valence-corrected chi connectivity index (χ1v) is 8.64. The first-order valence-electron chi connectivity index (χ1n) is 4.33. The van der Waals surface area contributed by atoms with Crippen molar-refractivity contribution in [1.82, 2.24) is 5.09 Å². The summed E-state index contributed by atoms with van der Waals surface area (Å²) >= 11 is 6.73. The van der Waals surface area contributed by atoms with E-state index in [0.717, 1.165) is 12.2 Å². The Morgan fingerprint density at radius 1 is 1.57 bits per heavy atom. The van der Waals surface area contributed by atoms with Crippen LogP contribution in [-0.2, 0) is 21.1 Å². The molecule has 0 aliphatic heterocycles. The third kappa shape index (κ3) is 5.86. The molecule has 1 N–H and O–H groups in total. The molecule has 14 heavy (non-hydrogen) atoms. The third-order valence-electron chi connectivity index (χ3n) is 1.18. The molecule has 0 aliphatic carbocycles. The van der Waals surface area contributed by atoms with E-state index in [1.165, 1.54) is 18.5 Å². The summed E-state index contributed by atoms with van der Waals surface area (Å²) in [7, 11) is 1.31. The summed E-state index contributed by atoms with van der Waals surface area (Å²) in [6, 6.07) is 0. The van der Waals surface area contributed by atoms with Gasteiger partial charge in [0, 0.05) is 5.75 Å². The zero-order valence-electron chi connectivity index (χ0n) is 8.61. The fourth-order valence-electron chi connectivity index (χ4n) is 0.641. The number of hydrogen-bond acceptors (Lipinski definition) is 5. The summed E-state index contributed by atoms with van der Waals surface area (Å²) < 4.78 is 9.87. The van der Waals surface area contributed by atoms with Gasteiger partial charge in [-0.3, -0.25) is 5.09 Å². The van der Waals surface area contributed by atoms with Crippen LogP contribution in [0.2, 0.25) is 0 Å². The summed E-state index contributed by atoms with van der Waals surface area (Å²) in [5, 5.41) is 2.58. The van der Waals surface area contributed by atoms with Crippen molar-refractivity contribution in [3.8, 4) is 0 Å². The van der Waals surface area contributed by atoms with Crippen LogP contribution in [0.25, 0.3) is 0 Å². The Hall–Kier alpha value is 0.230. The number of rotatable bonds is 6. The fraction of sp³-hybridized carbons (Fsp3) is 0.857. The van der Waals surface area contributed by atoms with Gasteiger partial charge in [0.25, 0.3) is 0 Å². The van der Waals surface area contributed by atoms with E-state index < -0.39 is 11.7 Å². The zero-order valence-corrected chi connectivity index (χ0v) is 11.1. The van der Waals surface area contributed by atoms with E-state index in [1.54, 1.807) is 0 Å². The molecule has 4 nitrogen and oxygen atoms in total. The lowest BCUT2D eigenvalue weighted by Crippen LogP contribution is -2.19. The lowest BCUT2D eigenvalue weighted by Gasteiger charge is -2.20. The highest BCUT2D eigenvalue weighted by molar-refractivity contribution is 8.68. The molecule has 0 rings (SSSR count). The number of carbonyl (C=O) groups excluding carboxylic acids is 1. The molecule has 0 heterocycles. The van der Waals surface area contributed by atoms with Crippen LogP contribution in [0.1, 0.15) is 20.3 Å². The minimum Gasteiger partial charge on any atom is -0.453 e. The van der Waals surface area contributed by atoms with Crippen molar-refractivity contribution in [2.45, 2.75) is 20.3 Å². The van der Waals surface area contributed by atoms with Crippen molar-refractivity contribution in [3.05, 3.63) is 0 Å². The number of amides is 1. The second kappa shape index (κ2) is 7.51. The molecule has 1 atom stereocenters. The Bertz CT molecular complexity index is 225. The third-order valence-corrected chi connectivity index (χ3v) is 6.86. The second-order valence-electron chi connectivity index (χ2n) is 2.35. The van der Waals surface area contributed by atoms with E-state index >= 15 is 0 Å². The Morgan fingerprint density at radius 3 is 2.64 bits per heavy atom. The van der Waals surface area contributed by atoms with Crippen molar-refractivity contribution >= 4 is 34.9 Å². The van der Waals surface area contributed by atoms with E-state index in [-0.39, 0.29) is 0 Å². The highest BCUT2D eigenvalue weighted by atomic mass is 32.9. The van der Waals surface area contributed by atoms with Gasteiger partial charge in [-0.1, -0.05) is 18.3 Å². The van der Waals surface area contributed by atoms with Crippen LogP contribution in [0.15, 0.2) is 0 Å². The average Bonchev–Trinajstić information content (AvgIpc) is 2.15. The monoisotopic (exact) mass is 257 g/mol. The summed E-state index contributed by atoms with van der Waals surface area (Å²) in [4.78, 5) is 11.0. The van der Waals surface area contributed by atoms with Crippen molar-refractivity contribution < 1.29 is 14.1 Å². The van der Waals surface area contributed by atoms with Gasteiger partial charge < -0.3 is 9.26 Å². The fourth-order valence-corrected chi connectivity index (χ4v) is 5.36. The number of ether oxygens (including phenoxy) is 1. The molecule has 0 aromatic heterocycles. The van der Waals surface area contributed by atoms with E-state index in [9.17, 15) is 4.79 Å². The van der Waals surface area contributed by atoms with Crippen LogP contribution in [0.3, 0.4) is 0 Å². The highest BCUT2D eigenvalue weighted by Gasteiger charge is 2.20. The molecule has 0 bridgehead atoms. The van der Waals surface area contributed by atoms with Crippen molar-refractivity contribution in [2.24, 2.45) is 0 Å². The van der Waals surface area contributed by atoms with Gasteiger partial charge in [0.1, 0.15) is 0 Å². The molecule has 0 aromatic carbocycles. The molecule has 0 aliphatic rings. The number of methoxy groups -OCH3 is 1. The molecule has 0 radical (unpaired) electrons. The number of carbonyl (C=O) groups is 1. The minimum atomic E-state index is -2.28. The Kier molecular flexibility index (Phi) is 7.64. The Balaban J connectivity index is 4.23. The van der Waals surface area contributed by atoms with Gasteiger partial charge in [0.05, 0.1) is 13.7 Å². The summed E-state index contributed by atoms with van der Waals surface area (Å²) in [6.07, 6.45) is 0.476. The summed E-state index contributed by atoms with van der Waals surface area (Å²) in [5.74, 6) is 0.876. The maximum absolute atomic E-state index is 11.0. The molecular formula is C7H16NO3PS2. The predicted molar refractivity (Wildman–Crippen MR) is 64.2 cm³/mol. The maximum atomic E-state index is 11.0. The molecule has 1 amide bonds. The standard InChI is InChI=1S/C7H16NO3PS2/c1-4-6-14-12(13,11-5-2)8-7(9)10-3/h4-6H2,1-3H3,(H,8,9,13). The predicted octanol–water partition coefficient (Wildman–Crippen LogP) is 2.75. The Labute approximate surface area is 94.0 Å². The van der Waals surface area contributed by atoms with E-state index in [1.807, 2.05) is 6.92 Å². The van der Waals surface area contributed by atoms with Gasteiger partial charge in [-0.15, -0.1) is 0 Å². The molecule has 0 saturated heterocycles. The van der Waals surface area contributed by atoms with Crippen LogP contribution in [0, 0.1) is 0 Å². The molecule has 1 unspecified atom stereocenters. The number of nitrogens with one attached hydrogen (secondary N) is 1. The molecule has 0 spiro atoms. The second-order valence-corrected chi connectivity index (χ2v) is 9.05. The van der Waals surface area contributed by atoms with Crippen molar-refractivity contribution in [3.63, 3.8) is 0 Å². The van der Waals surface area contributed by atoms with Crippen LogP contribution < -0.4 is 5.09 Å². The highest BCUT2D eigenvalue weighted by Crippen LogP contribution is 2.56. The minimum absolute atomic E-state index is 0.498. The maximum Gasteiger partial charge on any atom is 0.412 e. The topological polar surface area (TPSA) is 47.6 Å². The zero-order chi connectivity index (χ0) is 11.0. The molecule has 0 aromatic rings. The van der Waals surface area contributed by atoms with Gasteiger partial charge in [0.2, 0.25) is 5.62 Å².